The molecule has 0 N–H and O–H groups in total. The summed E-state index contributed by atoms with van der Waals surface area (Å²) in [6.07, 6.45) is 5.33. The van der Waals surface area contributed by atoms with E-state index in [1.807, 2.05) is 79.0 Å². The highest BCUT2D eigenvalue weighted by molar-refractivity contribution is 5.85. The van der Waals surface area contributed by atoms with Crippen molar-refractivity contribution < 1.29 is 0 Å². The van der Waals surface area contributed by atoms with E-state index in [4.69, 9.17) is 0 Å². The van der Waals surface area contributed by atoms with Gasteiger partial charge in [-0.25, -0.2) is 9.98 Å². The van der Waals surface area contributed by atoms with Gasteiger partial charge in [0.15, 0.2) is 5.82 Å². The largest absolute Gasteiger partial charge is 0.252 e. The van der Waals surface area contributed by atoms with Crippen molar-refractivity contribution in [3.8, 4) is 0 Å². The van der Waals surface area contributed by atoms with Crippen LogP contribution in [-0.4, -0.2) is 17.4 Å². The van der Waals surface area contributed by atoms with Gasteiger partial charge in [-0.15, -0.1) is 0 Å². The molecule has 0 atom stereocenters. The Morgan fingerprint density at radius 2 is 1.23 bits per heavy atom. The van der Waals surface area contributed by atoms with Crippen LogP contribution in [0.15, 0.2) is 89.0 Å². The quantitative estimate of drug-likeness (QED) is 0.646. The molecule has 2 aromatic carbocycles. The normalized spacial score (nSPS) is 11.3. The summed E-state index contributed by atoms with van der Waals surface area (Å²) in [7, 11) is 0. The second-order valence-electron chi connectivity index (χ2n) is 4.68. The van der Waals surface area contributed by atoms with Gasteiger partial charge in [0.05, 0.1) is 0 Å². The van der Waals surface area contributed by atoms with Crippen molar-refractivity contribution in [3.63, 3.8) is 0 Å². The fourth-order valence-electron chi connectivity index (χ4n) is 1.95. The number of hydrogen-bond donors (Lipinski definition) is 0. The maximum atomic E-state index is 4.49. The molecule has 0 unspecified atom stereocenters. The van der Waals surface area contributed by atoms with Crippen LogP contribution in [0, 0.1) is 0 Å². The standard InChI is InChI=1S/C19H15N3/c1-3-8-16(9-4-1)14-21-18-12-7-13-20-19(18)22-15-17-10-5-2-6-11-17/h1-15H/b21-14?,22-15+. The lowest BCUT2D eigenvalue weighted by atomic mass is 10.2. The lowest BCUT2D eigenvalue weighted by molar-refractivity contribution is 1.26. The van der Waals surface area contributed by atoms with E-state index >= 15 is 0 Å². The van der Waals surface area contributed by atoms with Crippen LogP contribution in [0.4, 0.5) is 11.5 Å². The lowest BCUT2D eigenvalue weighted by Crippen LogP contribution is -1.82. The molecule has 0 radical (unpaired) electrons. The third-order valence-corrected chi connectivity index (χ3v) is 3.05. The number of aromatic nitrogens is 1. The summed E-state index contributed by atoms with van der Waals surface area (Å²) in [6, 6.07) is 23.7. The number of nitrogens with zero attached hydrogens (tertiary/aromatic N) is 3. The number of pyridine rings is 1. The Bertz CT molecular complexity index is 710. The molecule has 0 fully saturated rings. The van der Waals surface area contributed by atoms with Gasteiger partial charge < -0.3 is 0 Å². The van der Waals surface area contributed by atoms with Gasteiger partial charge in [0.2, 0.25) is 0 Å². The third kappa shape index (κ3) is 3.73. The van der Waals surface area contributed by atoms with Crippen LogP contribution < -0.4 is 0 Å². The van der Waals surface area contributed by atoms with Gasteiger partial charge in [0, 0.05) is 18.6 Å². The smallest absolute Gasteiger partial charge is 0.178 e. The molecule has 0 aliphatic heterocycles. The molecule has 3 heteroatoms. The van der Waals surface area contributed by atoms with E-state index in [1.54, 1.807) is 12.4 Å². The molecule has 0 saturated carbocycles. The summed E-state index contributed by atoms with van der Waals surface area (Å²) in [6.45, 7) is 0. The minimum absolute atomic E-state index is 0.610. The summed E-state index contributed by atoms with van der Waals surface area (Å²) in [5.74, 6) is 0.610. The van der Waals surface area contributed by atoms with E-state index in [0.717, 1.165) is 16.8 Å². The molecule has 106 valence electrons. The first-order chi connectivity index (χ1) is 10.9. The first-order valence-corrected chi connectivity index (χ1v) is 7.05. The maximum absolute atomic E-state index is 4.49. The van der Waals surface area contributed by atoms with Crippen LogP contribution in [0.3, 0.4) is 0 Å². The number of benzene rings is 2. The van der Waals surface area contributed by atoms with E-state index < -0.39 is 0 Å². The Balaban J connectivity index is 1.84. The molecular weight excluding hydrogens is 270 g/mol. The lowest BCUT2D eigenvalue weighted by Gasteiger charge is -1.99. The van der Waals surface area contributed by atoms with Crippen molar-refractivity contribution in [2.75, 3.05) is 0 Å². The van der Waals surface area contributed by atoms with Crippen LogP contribution in [-0.2, 0) is 0 Å². The maximum Gasteiger partial charge on any atom is 0.178 e. The van der Waals surface area contributed by atoms with Crippen LogP contribution >= 0.6 is 0 Å². The zero-order chi connectivity index (χ0) is 15.0. The predicted octanol–water partition coefficient (Wildman–Crippen LogP) is 4.58. The Morgan fingerprint density at radius 3 is 1.86 bits per heavy atom. The van der Waals surface area contributed by atoms with Crippen molar-refractivity contribution >= 4 is 23.9 Å². The molecule has 0 aliphatic rings. The summed E-state index contributed by atoms with van der Waals surface area (Å²) in [4.78, 5) is 13.2. The van der Waals surface area contributed by atoms with Crippen molar-refractivity contribution in [2.45, 2.75) is 0 Å². The number of rotatable bonds is 4. The molecule has 0 amide bonds. The summed E-state index contributed by atoms with van der Waals surface area (Å²) < 4.78 is 0. The van der Waals surface area contributed by atoms with E-state index in [1.165, 1.54) is 0 Å². The van der Waals surface area contributed by atoms with Gasteiger partial charge in [0.25, 0.3) is 0 Å². The van der Waals surface area contributed by atoms with Crippen molar-refractivity contribution in [3.05, 3.63) is 90.1 Å². The van der Waals surface area contributed by atoms with E-state index in [0.29, 0.717) is 5.82 Å². The number of hydrogen-bond acceptors (Lipinski definition) is 3. The Kier molecular flexibility index (Phi) is 4.47. The first-order valence-electron chi connectivity index (χ1n) is 7.05. The molecule has 3 nitrogen and oxygen atoms in total. The van der Waals surface area contributed by atoms with Gasteiger partial charge in [-0.3, -0.25) is 4.99 Å². The Morgan fingerprint density at radius 1 is 0.636 bits per heavy atom. The zero-order valence-electron chi connectivity index (χ0n) is 12.0. The minimum atomic E-state index is 0.610. The van der Waals surface area contributed by atoms with Gasteiger partial charge in [-0.05, 0) is 23.3 Å². The minimum Gasteiger partial charge on any atom is -0.252 e. The van der Waals surface area contributed by atoms with Crippen LogP contribution in [0.2, 0.25) is 0 Å². The molecule has 0 bridgehead atoms. The molecule has 3 aromatic rings. The van der Waals surface area contributed by atoms with Gasteiger partial charge in [0.1, 0.15) is 5.69 Å². The SMILES string of the molecule is C(=Nc1cccnc1/N=C/c1ccccc1)c1ccccc1. The molecule has 1 aromatic heterocycles. The molecule has 0 spiro atoms. The average Bonchev–Trinajstić information content (AvgIpc) is 2.61. The highest BCUT2D eigenvalue weighted by atomic mass is 14.9. The molecule has 22 heavy (non-hydrogen) atoms. The van der Waals surface area contributed by atoms with Crippen molar-refractivity contribution in [1.29, 1.82) is 0 Å². The van der Waals surface area contributed by atoms with E-state index in [2.05, 4.69) is 15.0 Å². The van der Waals surface area contributed by atoms with Gasteiger partial charge in [-0.1, -0.05) is 60.7 Å². The van der Waals surface area contributed by atoms with Crippen molar-refractivity contribution in [1.82, 2.24) is 4.98 Å². The third-order valence-electron chi connectivity index (χ3n) is 3.05. The van der Waals surface area contributed by atoms with E-state index in [-0.39, 0.29) is 0 Å². The highest BCUT2D eigenvalue weighted by Gasteiger charge is 1.98. The zero-order valence-corrected chi connectivity index (χ0v) is 12.0. The van der Waals surface area contributed by atoms with Crippen LogP contribution in [0.5, 0.6) is 0 Å². The Hall–Kier alpha value is -3.07. The summed E-state index contributed by atoms with van der Waals surface area (Å²) in [5.41, 5.74) is 2.83. The van der Waals surface area contributed by atoms with E-state index in [9.17, 15) is 0 Å². The number of aliphatic imine (C=N–C) groups is 2. The monoisotopic (exact) mass is 285 g/mol. The van der Waals surface area contributed by atoms with Crippen LogP contribution in [0.1, 0.15) is 11.1 Å². The molecule has 0 aliphatic carbocycles. The topological polar surface area (TPSA) is 37.6 Å². The highest BCUT2D eigenvalue weighted by Crippen LogP contribution is 2.24. The average molecular weight is 285 g/mol. The molecule has 3 rings (SSSR count). The Labute approximate surface area is 129 Å². The summed E-state index contributed by atoms with van der Waals surface area (Å²) >= 11 is 0. The summed E-state index contributed by atoms with van der Waals surface area (Å²) in [5, 5.41) is 0. The molecule has 1 heterocycles. The predicted molar refractivity (Wildman–Crippen MR) is 91.6 cm³/mol. The second kappa shape index (κ2) is 7.09. The second-order valence-corrected chi connectivity index (χ2v) is 4.68. The fraction of sp³-hybridized carbons (Fsp3) is 0. The van der Waals surface area contributed by atoms with Crippen LogP contribution in [0.25, 0.3) is 0 Å². The first kappa shape index (κ1) is 13.9. The van der Waals surface area contributed by atoms with Crippen molar-refractivity contribution in [2.24, 2.45) is 9.98 Å². The van der Waals surface area contributed by atoms with Gasteiger partial charge in [-0.2, -0.15) is 0 Å². The van der Waals surface area contributed by atoms with Gasteiger partial charge >= 0.3 is 0 Å². The molecular formula is C19H15N3. The fourth-order valence-corrected chi connectivity index (χ4v) is 1.95. The molecule has 0 saturated heterocycles.